The first-order valence-corrected chi connectivity index (χ1v) is 9.71. The predicted molar refractivity (Wildman–Crippen MR) is 107 cm³/mol. The molecule has 150 valence electrons. The zero-order valence-corrected chi connectivity index (χ0v) is 15.8. The maximum absolute atomic E-state index is 12.5. The van der Waals surface area contributed by atoms with Gasteiger partial charge in [0.05, 0.1) is 18.3 Å². The molecular formula is C21H23N5O3. The van der Waals surface area contributed by atoms with Crippen LogP contribution in [0.2, 0.25) is 0 Å². The van der Waals surface area contributed by atoms with Crippen molar-refractivity contribution < 1.29 is 14.7 Å². The molecule has 1 aromatic carbocycles. The molecule has 0 aliphatic heterocycles. The van der Waals surface area contributed by atoms with E-state index < -0.39 is 12.1 Å². The van der Waals surface area contributed by atoms with Gasteiger partial charge in [0.25, 0.3) is 5.91 Å². The Hall–Kier alpha value is -3.26. The van der Waals surface area contributed by atoms with Gasteiger partial charge in [-0.15, -0.1) is 0 Å². The summed E-state index contributed by atoms with van der Waals surface area (Å²) in [5.74, 6) is -0.793. The van der Waals surface area contributed by atoms with Gasteiger partial charge >= 0.3 is 0 Å². The molecule has 29 heavy (non-hydrogen) atoms. The Morgan fingerprint density at radius 1 is 1.14 bits per heavy atom. The number of nitrogens with one attached hydrogen (secondary N) is 3. The first-order valence-electron chi connectivity index (χ1n) is 9.71. The highest BCUT2D eigenvalue weighted by Gasteiger charge is 2.37. The number of rotatable bonds is 6. The van der Waals surface area contributed by atoms with E-state index in [1.54, 1.807) is 18.3 Å². The van der Waals surface area contributed by atoms with E-state index in [9.17, 15) is 14.7 Å². The molecule has 1 saturated carbocycles. The average Bonchev–Trinajstić information content (AvgIpc) is 3.35. The van der Waals surface area contributed by atoms with Crippen molar-refractivity contribution >= 4 is 22.8 Å². The number of aliphatic hydroxyl groups is 1. The minimum absolute atomic E-state index is 0.0891. The molecule has 4 N–H and O–H groups in total. The largest absolute Gasteiger partial charge is 0.391 e. The maximum Gasteiger partial charge on any atom is 0.270 e. The topological polar surface area (TPSA) is 120 Å². The van der Waals surface area contributed by atoms with Crippen LogP contribution in [-0.4, -0.2) is 50.8 Å². The van der Waals surface area contributed by atoms with Crippen LogP contribution in [-0.2, 0) is 11.2 Å². The number of amides is 2. The number of aromatic amines is 1. The SMILES string of the molecule is O=C(N[C@@H]1C[C@H](C(=O)NCCc2ccccc2)C[C@H]1O)c1ccc2cn[nH]c2n1. The van der Waals surface area contributed by atoms with Crippen molar-refractivity contribution in [3.8, 4) is 0 Å². The van der Waals surface area contributed by atoms with Gasteiger partial charge in [-0.2, -0.15) is 5.10 Å². The number of carbonyl (C=O) groups is 2. The Morgan fingerprint density at radius 3 is 2.79 bits per heavy atom. The summed E-state index contributed by atoms with van der Waals surface area (Å²) >= 11 is 0. The smallest absolute Gasteiger partial charge is 0.270 e. The molecule has 8 heteroatoms. The van der Waals surface area contributed by atoms with Crippen molar-refractivity contribution in [2.45, 2.75) is 31.4 Å². The van der Waals surface area contributed by atoms with Gasteiger partial charge in [0.2, 0.25) is 5.91 Å². The summed E-state index contributed by atoms with van der Waals surface area (Å²) < 4.78 is 0. The summed E-state index contributed by atoms with van der Waals surface area (Å²) in [6, 6.07) is 12.8. The lowest BCUT2D eigenvalue weighted by Gasteiger charge is -2.16. The van der Waals surface area contributed by atoms with Gasteiger partial charge in [-0.05, 0) is 37.0 Å². The molecule has 2 heterocycles. The van der Waals surface area contributed by atoms with E-state index in [2.05, 4.69) is 25.8 Å². The molecule has 0 radical (unpaired) electrons. The molecule has 2 amide bonds. The predicted octanol–water partition coefficient (Wildman–Crippen LogP) is 1.19. The molecule has 0 spiro atoms. The Labute approximate surface area is 167 Å². The highest BCUT2D eigenvalue weighted by atomic mass is 16.3. The fourth-order valence-electron chi connectivity index (χ4n) is 3.70. The van der Waals surface area contributed by atoms with Crippen molar-refractivity contribution in [1.29, 1.82) is 0 Å². The van der Waals surface area contributed by atoms with Crippen LogP contribution >= 0.6 is 0 Å². The zero-order valence-electron chi connectivity index (χ0n) is 15.8. The molecule has 2 aromatic heterocycles. The van der Waals surface area contributed by atoms with Crippen LogP contribution in [0.25, 0.3) is 11.0 Å². The quantitative estimate of drug-likeness (QED) is 0.501. The molecule has 3 aromatic rings. The van der Waals surface area contributed by atoms with Crippen LogP contribution in [0, 0.1) is 5.92 Å². The summed E-state index contributed by atoms with van der Waals surface area (Å²) in [5.41, 5.74) is 1.93. The monoisotopic (exact) mass is 393 g/mol. The number of nitrogens with zero attached hydrogens (tertiary/aromatic N) is 2. The standard InChI is InChI=1S/C21H23N5O3/c27-18-11-15(20(28)22-9-8-13-4-2-1-3-5-13)10-17(18)25-21(29)16-7-6-14-12-23-26-19(14)24-16/h1-7,12,15,17-18,27H,8-11H2,(H,22,28)(H,25,29)(H,23,24,26)/t15-,17+,18+/m0/s1. The van der Waals surface area contributed by atoms with E-state index in [0.29, 0.717) is 25.0 Å². The van der Waals surface area contributed by atoms with Crippen molar-refractivity contribution in [2.24, 2.45) is 5.92 Å². The second-order valence-electron chi connectivity index (χ2n) is 7.35. The molecule has 0 bridgehead atoms. The van der Waals surface area contributed by atoms with Gasteiger partial charge in [-0.25, -0.2) is 4.98 Å². The summed E-state index contributed by atoms with van der Waals surface area (Å²) in [6.45, 7) is 0.542. The van der Waals surface area contributed by atoms with Crippen molar-refractivity contribution in [3.63, 3.8) is 0 Å². The lowest BCUT2D eigenvalue weighted by molar-refractivity contribution is -0.125. The highest BCUT2D eigenvalue weighted by molar-refractivity contribution is 5.94. The number of aromatic nitrogens is 3. The Kier molecular flexibility index (Phi) is 5.53. The normalized spacial score (nSPS) is 21.2. The average molecular weight is 393 g/mol. The van der Waals surface area contributed by atoms with Gasteiger partial charge in [0.15, 0.2) is 5.65 Å². The van der Waals surface area contributed by atoms with E-state index in [4.69, 9.17) is 0 Å². The van der Waals surface area contributed by atoms with Gasteiger partial charge in [-0.1, -0.05) is 30.3 Å². The van der Waals surface area contributed by atoms with Crippen LogP contribution in [0.1, 0.15) is 28.9 Å². The zero-order chi connectivity index (χ0) is 20.2. The van der Waals surface area contributed by atoms with E-state index in [1.807, 2.05) is 30.3 Å². The van der Waals surface area contributed by atoms with Gasteiger partial charge in [-0.3, -0.25) is 14.7 Å². The minimum atomic E-state index is -0.764. The molecular weight excluding hydrogens is 370 g/mol. The van der Waals surface area contributed by atoms with E-state index in [0.717, 1.165) is 17.4 Å². The van der Waals surface area contributed by atoms with Gasteiger partial charge in [0, 0.05) is 17.8 Å². The third kappa shape index (κ3) is 4.43. The van der Waals surface area contributed by atoms with Crippen LogP contribution in [0.15, 0.2) is 48.7 Å². The third-order valence-electron chi connectivity index (χ3n) is 5.31. The number of aliphatic hydroxyl groups excluding tert-OH is 1. The number of hydrogen-bond acceptors (Lipinski definition) is 5. The number of benzene rings is 1. The van der Waals surface area contributed by atoms with Crippen LogP contribution in [0.3, 0.4) is 0 Å². The summed E-state index contributed by atoms with van der Waals surface area (Å²) in [7, 11) is 0. The number of carbonyl (C=O) groups excluding carboxylic acids is 2. The highest BCUT2D eigenvalue weighted by Crippen LogP contribution is 2.26. The number of H-pyrrole nitrogens is 1. The number of pyridine rings is 1. The van der Waals surface area contributed by atoms with Gasteiger partial charge < -0.3 is 15.7 Å². The number of hydrogen-bond donors (Lipinski definition) is 4. The molecule has 1 fully saturated rings. The number of fused-ring (bicyclic) bond motifs is 1. The van der Waals surface area contributed by atoms with Crippen molar-refractivity contribution in [3.05, 3.63) is 59.9 Å². The van der Waals surface area contributed by atoms with E-state index in [-0.39, 0.29) is 23.4 Å². The maximum atomic E-state index is 12.5. The summed E-state index contributed by atoms with van der Waals surface area (Å²) in [6.07, 6.45) is 2.35. The minimum Gasteiger partial charge on any atom is -0.391 e. The summed E-state index contributed by atoms with van der Waals surface area (Å²) in [5, 5.41) is 23.5. The summed E-state index contributed by atoms with van der Waals surface area (Å²) in [4.78, 5) is 29.2. The molecule has 0 unspecified atom stereocenters. The fraction of sp³-hybridized carbons (Fsp3) is 0.333. The molecule has 1 aliphatic rings. The Balaban J connectivity index is 1.29. The van der Waals surface area contributed by atoms with E-state index >= 15 is 0 Å². The van der Waals surface area contributed by atoms with E-state index in [1.165, 1.54) is 0 Å². The molecule has 0 saturated heterocycles. The first kappa shape index (κ1) is 19.1. The molecule has 4 rings (SSSR count). The Morgan fingerprint density at radius 2 is 1.97 bits per heavy atom. The second kappa shape index (κ2) is 8.40. The third-order valence-corrected chi connectivity index (χ3v) is 5.31. The lowest BCUT2D eigenvalue weighted by Crippen LogP contribution is -2.40. The second-order valence-corrected chi connectivity index (χ2v) is 7.35. The van der Waals surface area contributed by atoms with Crippen LogP contribution in [0.5, 0.6) is 0 Å². The lowest BCUT2D eigenvalue weighted by atomic mass is 10.1. The molecule has 3 atom stereocenters. The van der Waals surface area contributed by atoms with Crippen molar-refractivity contribution in [2.75, 3.05) is 6.54 Å². The Bertz CT molecular complexity index is 1000. The molecule has 8 nitrogen and oxygen atoms in total. The van der Waals surface area contributed by atoms with Gasteiger partial charge in [0.1, 0.15) is 5.69 Å². The first-order chi connectivity index (χ1) is 14.1. The van der Waals surface area contributed by atoms with Crippen LogP contribution < -0.4 is 10.6 Å². The fourth-order valence-corrected chi connectivity index (χ4v) is 3.70. The van der Waals surface area contributed by atoms with Crippen molar-refractivity contribution in [1.82, 2.24) is 25.8 Å². The molecule has 1 aliphatic carbocycles. The van der Waals surface area contributed by atoms with Crippen LogP contribution in [0.4, 0.5) is 0 Å².